The predicted molar refractivity (Wildman–Crippen MR) is 113 cm³/mol. The second kappa shape index (κ2) is 9.16. The Bertz CT molecular complexity index is 937. The number of ether oxygens (including phenoxy) is 1. The fourth-order valence-corrected chi connectivity index (χ4v) is 4.28. The molecule has 2 heterocycles. The van der Waals surface area contributed by atoms with E-state index in [-0.39, 0.29) is 11.2 Å². The second-order valence-electron chi connectivity index (χ2n) is 6.34. The molecule has 3 aromatic rings. The number of thiazole rings is 1. The van der Waals surface area contributed by atoms with Crippen LogP contribution < -0.4 is 10.1 Å². The van der Waals surface area contributed by atoms with Gasteiger partial charge in [0.25, 0.3) is 0 Å². The van der Waals surface area contributed by atoms with E-state index in [0.29, 0.717) is 10.3 Å². The molecule has 28 heavy (non-hydrogen) atoms. The standard InChI is InChI=1S/C20H22N4O2S2/c1-12-9-13(2)23-20(22-12)27-14(3)18(25)24-19-21-11-17(28-19)10-15-5-7-16(26-4)8-6-15/h5-9,11,14H,10H2,1-4H3,(H,21,24,25). The van der Waals surface area contributed by atoms with Gasteiger partial charge in [-0.1, -0.05) is 23.9 Å². The van der Waals surface area contributed by atoms with E-state index in [2.05, 4.69) is 20.3 Å². The summed E-state index contributed by atoms with van der Waals surface area (Å²) in [7, 11) is 1.65. The number of thioether (sulfide) groups is 1. The normalized spacial score (nSPS) is 11.9. The van der Waals surface area contributed by atoms with Crippen molar-refractivity contribution in [2.24, 2.45) is 0 Å². The number of methoxy groups -OCH3 is 1. The molecule has 1 unspecified atom stereocenters. The maximum Gasteiger partial charge on any atom is 0.239 e. The van der Waals surface area contributed by atoms with Crippen molar-refractivity contribution in [3.63, 3.8) is 0 Å². The predicted octanol–water partition coefficient (Wildman–Crippen LogP) is 4.27. The first-order chi connectivity index (χ1) is 13.4. The number of hydrogen-bond donors (Lipinski definition) is 1. The first-order valence-corrected chi connectivity index (χ1v) is 10.5. The maximum absolute atomic E-state index is 12.5. The molecular weight excluding hydrogens is 392 g/mol. The number of nitrogens with zero attached hydrogens (tertiary/aromatic N) is 3. The average Bonchev–Trinajstić information content (AvgIpc) is 3.08. The quantitative estimate of drug-likeness (QED) is 0.460. The van der Waals surface area contributed by atoms with E-state index < -0.39 is 0 Å². The number of anilines is 1. The summed E-state index contributed by atoms with van der Waals surface area (Å²) >= 11 is 2.82. The minimum Gasteiger partial charge on any atom is -0.497 e. The van der Waals surface area contributed by atoms with E-state index in [1.165, 1.54) is 28.7 Å². The zero-order valence-electron chi connectivity index (χ0n) is 16.2. The third-order valence-electron chi connectivity index (χ3n) is 3.93. The van der Waals surface area contributed by atoms with Gasteiger partial charge >= 0.3 is 0 Å². The summed E-state index contributed by atoms with van der Waals surface area (Å²) in [6.07, 6.45) is 2.56. The molecule has 0 radical (unpaired) electrons. The molecule has 0 aliphatic carbocycles. The monoisotopic (exact) mass is 414 g/mol. The van der Waals surface area contributed by atoms with Crippen LogP contribution >= 0.6 is 23.1 Å². The number of aromatic nitrogens is 3. The Labute approximate surface area is 172 Å². The summed E-state index contributed by atoms with van der Waals surface area (Å²) in [6.45, 7) is 5.68. The highest BCUT2D eigenvalue weighted by Gasteiger charge is 2.18. The van der Waals surface area contributed by atoms with Crippen molar-refractivity contribution < 1.29 is 9.53 Å². The highest BCUT2D eigenvalue weighted by Crippen LogP contribution is 2.25. The molecule has 0 bridgehead atoms. The number of benzene rings is 1. The van der Waals surface area contributed by atoms with Crippen LogP contribution in [0.1, 0.15) is 28.8 Å². The lowest BCUT2D eigenvalue weighted by Crippen LogP contribution is -2.22. The number of rotatable bonds is 7. The fraction of sp³-hybridized carbons (Fsp3) is 0.300. The number of carbonyl (C=O) groups is 1. The molecule has 1 aromatic carbocycles. The van der Waals surface area contributed by atoms with Crippen molar-refractivity contribution in [2.45, 2.75) is 37.6 Å². The molecule has 6 nitrogen and oxygen atoms in total. The smallest absolute Gasteiger partial charge is 0.239 e. The Morgan fingerprint density at radius 1 is 1.21 bits per heavy atom. The van der Waals surface area contributed by atoms with E-state index in [1.807, 2.05) is 51.1 Å². The van der Waals surface area contributed by atoms with Crippen molar-refractivity contribution in [1.82, 2.24) is 15.0 Å². The molecule has 0 saturated carbocycles. The number of carbonyl (C=O) groups excluding carboxylic acids is 1. The molecule has 146 valence electrons. The highest BCUT2D eigenvalue weighted by atomic mass is 32.2. The van der Waals surface area contributed by atoms with Gasteiger partial charge in [0.1, 0.15) is 5.75 Å². The lowest BCUT2D eigenvalue weighted by Gasteiger charge is -2.10. The summed E-state index contributed by atoms with van der Waals surface area (Å²) in [5.41, 5.74) is 2.95. The van der Waals surface area contributed by atoms with Gasteiger partial charge in [0.05, 0.1) is 12.4 Å². The number of amides is 1. The van der Waals surface area contributed by atoms with E-state index in [0.717, 1.165) is 28.4 Å². The molecule has 0 spiro atoms. The zero-order valence-corrected chi connectivity index (χ0v) is 17.9. The van der Waals surface area contributed by atoms with Gasteiger partial charge in [0.2, 0.25) is 5.91 Å². The second-order valence-corrected chi connectivity index (χ2v) is 8.76. The van der Waals surface area contributed by atoms with Crippen molar-refractivity contribution in [1.29, 1.82) is 0 Å². The van der Waals surface area contributed by atoms with Gasteiger partial charge in [-0.15, -0.1) is 11.3 Å². The van der Waals surface area contributed by atoms with E-state index >= 15 is 0 Å². The molecular formula is C20H22N4O2S2. The van der Waals surface area contributed by atoms with Crippen LogP contribution in [0.5, 0.6) is 5.75 Å². The fourth-order valence-electron chi connectivity index (χ4n) is 2.56. The van der Waals surface area contributed by atoms with Crippen LogP contribution in [0.15, 0.2) is 41.7 Å². The van der Waals surface area contributed by atoms with Gasteiger partial charge in [0, 0.05) is 28.9 Å². The number of aryl methyl sites for hydroxylation is 2. The van der Waals surface area contributed by atoms with Gasteiger partial charge in [-0.05, 0) is 44.5 Å². The Morgan fingerprint density at radius 2 is 1.89 bits per heavy atom. The maximum atomic E-state index is 12.5. The Morgan fingerprint density at radius 3 is 2.54 bits per heavy atom. The van der Waals surface area contributed by atoms with E-state index in [9.17, 15) is 4.79 Å². The van der Waals surface area contributed by atoms with Crippen LogP contribution in [0.2, 0.25) is 0 Å². The molecule has 0 fully saturated rings. The minimum absolute atomic E-state index is 0.113. The Kier molecular flexibility index (Phi) is 6.64. The summed E-state index contributed by atoms with van der Waals surface area (Å²) in [5.74, 6) is 0.721. The van der Waals surface area contributed by atoms with Gasteiger partial charge in [-0.3, -0.25) is 4.79 Å². The van der Waals surface area contributed by atoms with Crippen LogP contribution in [0.25, 0.3) is 0 Å². The number of nitrogens with one attached hydrogen (secondary N) is 1. The highest BCUT2D eigenvalue weighted by molar-refractivity contribution is 8.00. The first-order valence-electron chi connectivity index (χ1n) is 8.80. The van der Waals surface area contributed by atoms with Crippen LogP contribution in [0.3, 0.4) is 0 Å². The van der Waals surface area contributed by atoms with Crippen molar-refractivity contribution in [3.8, 4) is 5.75 Å². The molecule has 1 atom stereocenters. The van der Waals surface area contributed by atoms with Gasteiger partial charge < -0.3 is 10.1 Å². The van der Waals surface area contributed by atoms with Crippen LogP contribution in [0, 0.1) is 13.8 Å². The lowest BCUT2D eigenvalue weighted by atomic mass is 10.1. The van der Waals surface area contributed by atoms with Crippen LogP contribution in [0.4, 0.5) is 5.13 Å². The largest absolute Gasteiger partial charge is 0.497 e. The van der Waals surface area contributed by atoms with Crippen molar-refractivity contribution in [2.75, 3.05) is 12.4 Å². The molecule has 0 aliphatic rings. The Balaban J connectivity index is 1.58. The molecule has 2 aromatic heterocycles. The molecule has 8 heteroatoms. The first kappa shape index (κ1) is 20.3. The lowest BCUT2D eigenvalue weighted by molar-refractivity contribution is -0.115. The van der Waals surface area contributed by atoms with Crippen LogP contribution in [-0.4, -0.2) is 33.2 Å². The zero-order chi connectivity index (χ0) is 20.1. The molecule has 0 saturated heterocycles. The summed E-state index contributed by atoms with van der Waals surface area (Å²) in [4.78, 5) is 26.7. The topological polar surface area (TPSA) is 77.0 Å². The third-order valence-corrected chi connectivity index (χ3v) is 5.81. The Hall–Kier alpha value is -2.45. The average molecular weight is 415 g/mol. The van der Waals surface area contributed by atoms with E-state index in [4.69, 9.17) is 4.74 Å². The SMILES string of the molecule is COc1ccc(Cc2cnc(NC(=O)C(C)Sc3nc(C)cc(C)n3)s2)cc1. The van der Waals surface area contributed by atoms with Crippen molar-refractivity contribution in [3.05, 3.63) is 58.4 Å². The number of hydrogen-bond acceptors (Lipinski definition) is 7. The third kappa shape index (κ3) is 5.53. The van der Waals surface area contributed by atoms with E-state index in [1.54, 1.807) is 13.3 Å². The van der Waals surface area contributed by atoms with Crippen LogP contribution in [-0.2, 0) is 11.2 Å². The molecule has 1 amide bonds. The van der Waals surface area contributed by atoms with Crippen molar-refractivity contribution >= 4 is 34.1 Å². The van der Waals surface area contributed by atoms with Gasteiger partial charge in [0.15, 0.2) is 10.3 Å². The summed E-state index contributed by atoms with van der Waals surface area (Å²) in [6, 6.07) is 9.84. The summed E-state index contributed by atoms with van der Waals surface area (Å²) < 4.78 is 5.18. The van der Waals surface area contributed by atoms with Gasteiger partial charge in [-0.25, -0.2) is 15.0 Å². The van der Waals surface area contributed by atoms with Gasteiger partial charge in [-0.2, -0.15) is 0 Å². The molecule has 0 aliphatic heterocycles. The molecule has 3 rings (SSSR count). The summed E-state index contributed by atoms with van der Waals surface area (Å²) in [5, 5.41) is 3.77. The minimum atomic E-state index is -0.324. The molecule has 1 N–H and O–H groups in total.